The summed E-state index contributed by atoms with van der Waals surface area (Å²) in [5.74, 6) is 2.53. The van der Waals surface area contributed by atoms with Gasteiger partial charge in [0, 0.05) is 31.7 Å². The highest BCUT2D eigenvalue weighted by Crippen LogP contribution is 2.26. The fourth-order valence-electron chi connectivity index (χ4n) is 1.99. The predicted molar refractivity (Wildman–Crippen MR) is 84.8 cm³/mol. The number of halogens is 1. The molecule has 1 aromatic rings. The first-order chi connectivity index (χ1) is 9.36. The number of nitrogens with zero attached hydrogens (tertiary/aromatic N) is 3. The van der Waals surface area contributed by atoms with Gasteiger partial charge >= 0.3 is 0 Å². The molecule has 4 nitrogen and oxygen atoms in total. The first kappa shape index (κ1) is 17.2. The molecule has 0 saturated carbocycles. The molecule has 0 saturated heterocycles. The number of hydrogen-bond acceptors (Lipinski definition) is 4. The Morgan fingerprint density at radius 2 is 1.85 bits per heavy atom. The summed E-state index contributed by atoms with van der Waals surface area (Å²) in [6.45, 7) is 12.9. The summed E-state index contributed by atoms with van der Waals surface area (Å²) < 4.78 is 5.21. The van der Waals surface area contributed by atoms with Crippen molar-refractivity contribution in [2.24, 2.45) is 5.92 Å². The van der Waals surface area contributed by atoms with Crippen molar-refractivity contribution in [1.82, 2.24) is 9.97 Å². The zero-order valence-corrected chi connectivity index (χ0v) is 14.2. The third-order valence-electron chi connectivity index (χ3n) is 3.04. The van der Waals surface area contributed by atoms with Crippen molar-refractivity contribution >= 4 is 17.4 Å². The van der Waals surface area contributed by atoms with E-state index in [2.05, 4.69) is 37.6 Å². The number of hydrogen-bond donors (Lipinski definition) is 0. The van der Waals surface area contributed by atoms with Crippen molar-refractivity contribution < 1.29 is 4.74 Å². The number of anilines is 1. The second-order valence-corrected chi connectivity index (χ2v) is 6.17. The number of ether oxygens (including phenoxy) is 1. The van der Waals surface area contributed by atoms with E-state index in [0.717, 1.165) is 30.3 Å². The fraction of sp³-hybridized carbons (Fsp3) is 0.733. The largest absolute Gasteiger partial charge is 0.383 e. The predicted octanol–water partition coefficient (Wildman–Crippen LogP) is 3.67. The van der Waals surface area contributed by atoms with Gasteiger partial charge in [-0.1, -0.05) is 39.3 Å². The van der Waals surface area contributed by atoms with Gasteiger partial charge in [-0.25, -0.2) is 9.97 Å². The molecule has 0 N–H and O–H groups in total. The van der Waals surface area contributed by atoms with Gasteiger partial charge in [0.05, 0.1) is 6.61 Å². The molecule has 0 aromatic carbocycles. The smallest absolute Gasteiger partial charge is 0.137 e. The van der Waals surface area contributed by atoms with E-state index in [1.165, 1.54) is 0 Å². The summed E-state index contributed by atoms with van der Waals surface area (Å²) in [4.78, 5) is 11.3. The monoisotopic (exact) mass is 299 g/mol. The Hall–Kier alpha value is -0.870. The maximum Gasteiger partial charge on any atom is 0.137 e. The van der Waals surface area contributed by atoms with Crippen LogP contribution in [0.3, 0.4) is 0 Å². The molecule has 0 fully saturated rings. The van der Waals surface area contributed by atoms with Crippen molar-refractivity contribution in [1.29, 1.82) is 0 Å². The van der Waals surface area contributed by atoms with E-state index < -0.39 is 0 Å². The molecule has 1 heterocycles. The van der Waals surface area contributed by atoms with Crippen molar-refractivity contribution in [3.8, 4) is 0 Å². The molecular weight excluding hydrogens is 274 g/mol. The molecule has 114 valence electrons. The summed E-state index contributed by atoms with van der Waals surface area (Å²) in [5.41, 5.74) is 0.938. The Balaban J connectivity index is 3.15. The second-order valence-electron chi connectivity index (χ2n) is 5.81. The summed E-state index contributed by atoms with van der Waals surface area (Å²) in [6, 6.07) is 0. The third kappa shape index (κ3) is 4.60. The molecule has 0 aliphatic carbocycles. The Labute approximate surface area is 127 Å². The highest BCUT2D eigenvalue weighted by molar-refractivity contribution is 6.30. The average Bonchev–Trinajstić information content (AvgIpc) is 2.37. The molecule has 20 heavy (non-hydrogen) atoms. The van der Waals surface area contributed by atoms with E-state index in [4.69, 9.17) is 21.3 Å². The van der Waals surface area contributed by atoms with E-state index in [9.17, 15) is 0 Å². The van der Waals surface area contributed by atoms with Crippen LogP contribution >= 0.6 is 11.6 Å². The first-order valence-corrected chi connectivity index (χ1v) is 7.52. The first-order valence-electron chi connectivity index (χ1n) is 7.14. The second kappa shape index (κ2) is 7.79. The quantitative estimate of drug-likeness (QED) is 0.720. The van der Waals surface area contributed by atoms with Crippen molar-refractivity contribution in [2.75, 3.05) is 31.7 Å². The van der Waals surface area contributed by atoms with Crippen LogP contribution in [0.4, 0.5) is 5.82 Å². The summed E-state index contributed by atoms with van der Waals surface area (Å²) >= 11 is 6.27. The fourth-order valence-corrected chi connectivity index (χ4v) is 2.16. The van der Waals surface area contributed by atoms with Gasteiger partial charge in [-0.3, -0.25) is 0 Å². The molecular formula is C15H26ClN3O. The van der Waals surface area contributed by atoms with E-state index >= 15 is 0 Å². The van der Waals surface area contributed by atoms with Gasteiger partial charge in [0.2, 0.25) is 0 Å². The van der Waals surface area contributed by atoms with Gasteiger partial charge in [-0.2, -0.15) is 0 Å². The topological polar surface area (TPSA) is 38.2 Å². The highest BCUT2D eigenvalue weighted by Gasteiger charge is 2.18. The third-order valence-corrected chi connectivity index (χ3v) is 3.41. The normalized spacial score (nSPS) is 11.4. The van der Waals surface area contributed by atoms with Crippen LogP contribution in [-0.4, -0.2) is 36.8 Å². The standard InChI is InChI=1S/C15H26ClN3O/c1-10(2)9-19(7-8-20-6)15-12(5)13(16)17-14(18-15)11(3)4/h10-11H,7-9H2,1-6H3. The van der Waals surface area contributed by atoms with Crippen LogP contribution in [0.25, 0.3) is 0 Å². The molecule has 0 aliphatic rings. The summed E-state index contributed by atoms with van der Waals surface area (Å²) in [7, 11) is 1.72. The van der Waals surface area contributed by atoms with Crippen LogP contribution in [0.1, 0.15) is 45.0 Å². The number of rotatable bonds is 7. The zero-order valence-electron chi connectivity index (χ0n) is 13.4. The van der Waals surface area contributed by atoms with Crippen molar-refractivity contribution in [3.05, 3.63) is 16.5 Å². The lowest BCUT2D eigenvalue weighted by molar-refractivity contribution is 0.204. The van der Waals surface area contributed by atoms with E-state index in [-0.39, 0.29) is 5.92 Å². The Kier molecular flexibility index (Phi) is 6.69. The van der Waals surface area contributed by atoms with E-state index in [1.807, 2.05) is 6.92 Å². The van der Waals surface area contributed by atoms with Crippen LogP contribution < -0.4 is 4.90 Å². The van der Waals surface area contributed by atoms with Gasteiger partial charge < -0.3 is 9.64 Å². The van der Waals surface area contributed by atoms with E-state index in [1.54, 1.807) is 7.11 Å². The molecule has 0 radical (unpaired) electrons. The van der Waals surface area contributed by atoms with Crippen LogP contribution in [0.5, 0.6) is 0 Å². The zero-order chi connectivity index (χ0) is 15.3. The molecule has 0 bridgehead atoms. The Morgan fingerprint density at radius 3 is 2.35 bits per heavy atom. The van der Waals surface area contributed by atoms with Crippen LogP contribution in [0.2, 0.25) is 5.15 Å². The van der Waals surface area contributed by atoms with Crippen LogP contribution in [0.15, 0.2) is 0 Å². The number of methoxy groups -OCH3 is 1. The van der Waals surface area contributed by atoms with Crippen LogP contribution in [0, 0.1) is 12.8 Å². The lowest BCUT2D eigenvalue weighted by Crippen LogP contribution is -2.32. The molecule has 0 amide bonds. The summed E-state index contributed by atoms with van der Waals surface area (Å²) in [6.07, 6.45) is 0. The van der Waals surface area contributed by atoms with Crippen molar-refractivity contribution in [3.63, 3.8) is 0 Å². The minimum atomic E-state index is 0.259. The van der Waals surface area contributed by atoms with Gasteiger partial charge in [0.25, 0.3) is 0 Å². The molecule has 1 aromatic heterocycles. The van der Waals surface area contributed by atoms with Crippen LogP contribution in [-0.2, 0) is 4.74 Å². The highest BCUT2D eigenvalue weighted by atomic mass is 35.5. The minimum absolute atomic E-state index is 0.259. The lowest BCUT2D eigenvalue weighted by Gasteiger charge is -2.27. The van der Waals surface area contributed by atoms with E-state index in [0.29, 0.717) is 17.7 Å². The van der Waals surface area contributed by atoms with Gasteiger partial charge in [0.15, 0.2) is 0 Å². The molecule has 0 aliphatic heterocycles. The number of aromatic nitrogens is 2. The summed E-state index contributed by atoms with van der Waals surface area (Å²) in [5, 5.41) is 0.546. The molecule has 0 atom stereocenters. The van der Waals surface area contributed by atoms with Crippen molar-refractivity contribution in [2.45, 2.75) is 40.5 Å². The maximum absolute atomic E-state index is 6.27. The molecule has 1 rings (SSSR count). The minimum Gasteiger partial charge on any atom is -0.383 e. The lowest BCUT2D eigenvalue weighted by atomic mass is 10.1. The van der Waals surface area contributed by atoms with Gasteiger partial charge in [-0.15, -0.1) is 0 Å². The molecule has 5 heteroatoms. The van der Waals surface area contributed by atoms with Gasteiger partial charge in [0.1, 0.15) is 16.8 Å². The van der Waals surface area contributed by atoms with Gasteiger partial charge in [-0.05, 0) is 12.8 Å². The Morgan fingerprint density at radius 1 is 1.20 bits per heavy atom. The molecule has 0 unspecified atom stereocenters. The Bertz CT molecular complexity index is 435. The SMILES string of the molecule is COCCN(CC(C)C)c1nc(C(C)C)nc(Cl)c1C. The average molecular weight is 300 g/mol. The maximum atomic E-state index is 6.27. The molecule has 0 spiro atoms.